The van der Waals surface area contributed by atoms with Crippen molar-refractivity contribution in [2.24, 2.45) is 0 Å². The number of rotatable bonds is 6. The van der Waals surface area contributed by atoms with Gasteiger partial charge in [-0.1, -0.05) is 11.6 Å². The van der Waals surface area contributed by atoms with Crippen LogP contribution < -0.4 is 14.8 Å². The summed E-state index contributed by atoms with van der Waals surface area (Å²) in [6.45, 7) is 0. The van der Waals surface area contributed by atoms with E-state index in [1.807, 2.05) is 0 Å². The number of ether oxygens (including phenoxy) is 3. The zero-order chi connectivity index (χ0) is 21.0. The second-order valence-electron chi connectivity index (χ2n) is 5.87. The van der Waals surface area contributed by atoms with Crippen LogP contribution in [0.1, 0.15) is 20.9 Å². The quantitative estimate of drug-likeness (QED) is 0.589. The fourth-order valence-corrected chi connectivity index (χ4v) is 2.80. The molecular weight excluding hydrogens is 398 g/mol. The molecule has 7 nitrogen and oxygen atoms in total. The number of halogens is 1. The molecule has 0 radical (unpaired) electrons. The lowest BCUT2D eigenvalue weighted by molar-refractivity contribution is 0.0601. The summed E-state index contributed by atoms with van der Waals surface area (Å²) in [6.07, 6.45) is 0. The maximum atomic E-state index is 12.7. The lowest BCUT2D eigenvalue weighted by atomic mass is 10.1. The Morgan fingerprint density at radius 2 is 1.59 bits per heavy atom. The van der Waals surface area contributed by atoms with E-state index in [0.717, 1.165) is 5.56 Å². The van der Waals surface area contributed by atoms with Crippen LogP contribution >= 0.6 is 11.6 Å². The average molecular weight is 416 g/mol. The first-order valence-electron chi connectivity index (χ1n) is 8.48. The van der Waals surface area contributed by atoms with Crippen molar-refractivity contribution in [3.63, 3.8) is 0 Å². The molecule has 2 aromatic carbocycles. The highest BCUT2D eigenvalue weighted by Crippen LogP contribution is 2.34. The SMILES string of the molecule is COC(=O)c1cc(OC)c(OC)cc1NC(=O)c1ccc(-c2ccc(Cl)cc2)o1. The molecule has 1 aromatic heterocycles. The van der Waals surface area contributed by atoms with E-state index >= 15 is 0 Å². The first-order chi connectivity index (χ1) is 14.0. The lowest BCUT2D eigenvalue weighted by Crippen LogP contribution is -2.15. The van der Waals surface area contributed by atoms with Crippen molar-refractivity contribution in [2.45, 2.75) is 0 Å². The second kappa shape index (κ2) is 8.70. The van der Waals surface area contributed by atoms with Crippen molar-refractivity contribution in [3.05, 3.63) is 64.9 Å². The molecule has 3 rings (SSSR count). The molecule has 0 fully saturated rings. The van der Waals surface area contributed by atoms with Gasteiger partial charge >= 0.3 is 5.97 Å². The maximum absolute atomic E-state index is 12.7. The summed E-state index contributed by atoms with van der Waals surface area (Å²) in [4.78, 5) is 24.8. The molecule has 3 aromatic rings. The Hall–Kier alpha value is -3.45. The summed E-state index contributed by atoms with van der Waals surface area (Å²) in [5.74, 6) is 0.0729. The maximum Gasteiger partial charge on any atom is 0.340 e. The Morgan fingerprint density at radius 1 is 0.931 bits per heavy atom. The monoisotopic (exact) mass is 415 g/mol. The highest BCUT2D eigenvalue weighted by Gasteiger charge is 2.21. The summed E-state index contributed by atoms with van der Waals surface area (Å²) in [6, 6.07) is 13.1. The molecule has 0 saturated heterocycles. The number of furan rings is 1. The summed E-state index contributed by atoms with van der Waals surface area (Å²) in [5.41, 5.74) is 1.08. The Morgan fingerprint density at radius 3 is 2.21 bits per heavy atom. The van der Waals surface area contributed by atoms with E-state index < -0.39 is 11.9 Å². The number of carbonyl (C=O) groups is 2. The van der Waals surface area contributed by atoms with Gasteiger partial charge in [0.2, 0.25) is 0 Å². The number of methoxy groups -OCH3 is 3. The smallest absolute Gasteiger partial charge is 0.340 e. The fourth-order valence-electron chi connectivity index (χ4n) is 2.67. The van der Waals surface area contributed by atoms with Gasteiger partial charge in [0, 0.05) is 22.7 Å². The molecular formula is C21H18ClNO6. The number of hydrogen-bond donors (Lipinski definition) is 1. The normalized spacial score (nSPS) is 10.3. The van der Waals surface area contributed by atoms with Crippen molar-refractivity contribution in [3.8, 4) is 22.8 Å². The number of anilines is 1. The molecule has 0 bridgehead atoms. The van der Waals surface area contributed by atoms with Gasteiger partial charge in [0.15, 0.2) is 17.3 Å². The van der Waals surface area contributed by atoms with Crippen LogP contribution in [0.4, 0.5) is 5.69 Å². The zero-order valence-electron chi connectivity index (χ0n) is 15.9. The minimum atomic E-state index is -0.637. The van der Waals surface area contributed by atoms with Crippen LogP contribution in [0.5, 0.6) is 11.5 Å². The van der Waals surface area contributed by atoms with E-state index in [-0.39, 0.29) is 17.0 Å². The minimum Gasteiger partial charge on any atom is -0.493 e. The molecule has 0 aliphatic heterocycles. The predicted molar refractivity (Wildman–Crippen MR) is 108 cm³/mol. The highest BCUT2D eigenvalue weighted by atomic mass is 35.5. The van der Waals surface area contributed by atoms with Crippen LogP contribution in [-0.4, -0.2) is 33.2 Å². The Kier molecular flexibility index (Phi) is 6.09. The van der Waals surface area contributed by atoms with E-state index in [2.05, 4.69) is 5.32 Å². The van der Waals surface area contributed by atoms with Gasteiger partial charge in [-0.2, -0.15) is 0 Å². The lowest BCUT2D eigenvalue weighted by Gasteiger charge is -2.14. The van der Waals surface area contributed by atoms with Crippen molar-refractivity contribution < 1.29 is 28.2 Å². The second-order valence-corrected chi connectivity index (χ2v) is 6.31. The molecule has 1 heterocycles. The number of nitrogens with one attached hydrogen (secondary N) is 1. The molecule has 1 amide bonds. The van der Waals surface area contributed by atoms with Gasteiger partial charge in [-0.3, -0.25) is 4.79 Å². The summed E-state index contributed by atoms with van der Waals surface area (Å²) >= 11 is 5.89. The van der Waals surface area contributed by atoms with Crippen molar-refractivity contribution in [1.29, 1.82) is 0 Å². The van der Waals surface area contributed by atoms with Gasteiger partial charge in [-0.05, 0) is 36.4 Å². The molecule has 0 unspecified atom stereocenters. The number of esters is 1. The Bertz CT molecular complexity index is 1040. The number of hydrogen-bond acceptors (Lipinski definition) is 6. The molecule has 0 atom stereocenters. The number of carbonyl (C=O) groups excluding carboxylic acids is 2. The average Bonchev–Trinajstić information content (AvgIpc) is 3.23. The van der Waals surface area contributed by atoms with E-state index in [4.69, 9.17) is 30.2 Å². The van der Waals surface area contributed by atoms with Gasteiger partial charge in [0.1, 0.15) is 5.76 Å². The molecule has 29 heavy (non-hydrogen) atoms. The highest BCUT2D eigenvalue weighted by molar-refractivity contribution is 6.30. The third-order valence-corrected chi connectivity index (χ3v) is 4.39. The summed E-state index contributed by atoms with van der Waals surface area (Å²) in [7, 11) is 4.14. The van der Waals surface area contributed by atoms with Crippen molar-refractivity contribution >= 4 is 29.2 Å². The van der Waals surface area contributed by atoms with Crippen LogP contribution in [0.2, 0.25) is 5.02 Å². The Balaban J connectivity index is 1.90. The molecule has 8 heteroatoms. The standard InChI is InChI=1S/C21H18ClNO6/c1-26-18-10-14(21(25)28-3)15(11-19(18)27-2)23-20(24)17-9-8-16(29-17)12-4-6-13(22)7-5-12/h4-11H,1-3H3,(H,23,24). The Labute approximate surface area is 172 Å². The zero-order valence-corrected chi connectivity index (χ0v) is 16.7. The largest absolute Gasteiger partial charge is 0.493 e. The molecule has 0 aliphatic rings. The summed E-state index contributed by atoms with van der Waals surface area (Å²) in [5, 5.41) is 3.25. The molecule has 0 spiro atoms. The first kappa shape index (κ1) is 20.3. The van der Waals surface area contributed by atoms with Gasteiger partial charge in [-0.15, -0.1) is 0 Å². The summed E-state index contributed by atoms with van der Waals surface area (Å²) < 4.78 is 20.9. The van der Waals surface area contributed by atoms with E-state index in [1.165, 1.54) is 39.5 Å². The molecule has 0 saturated carbocycles. The van der Waals surface area contributed by atoms with Crippen LogP contribution in [0.25, 0.3) is 11.3 Å². The van der Waals surface area contributed by atoms with E-state index in [1.54, 1.807) is 30.3 Å². The van der Waals surface area contributed by atoms with Gasteiger partial charge in [-0.25, -0.2) is 4.79 Å². The van der Waals surface area contributed by atoms with E-state index in [0.29, 0.717) is 22.3 Å². The number of amides is 1. The fraction of sp³-hybridized carbons (Fsp3) is 0.143. The first-order valence-corrected chi connectivity index (χ1v) is 8.86. The number of benzene rings is 2. The molecule has 0 aliphatic carbocycles. The van der Waals surface area contributed by atoms with Crippen molar-refractivity contribution in [2.75, 3.05) is 26.6 Å². The van der Waals surface area contributed by atoms with Crippen LogP contribution in [-0.2, 0) is 4.74 Å². The van der Waals surface area contributed by atoms with Gasteiger partial charge in [0.25, 0.3) is 5.91 Å². The third-order valence-electron chi connectivity index (χ3n) is 4.14. The minimum absolute atomic E-state index is 0.0700. The predicted octanol–water partition coefficient (Wildman–Crippen LogP) is 4.66. The van der Waals surface area contributed by atoms with Crippen LogP contribution in [0, 0.1) is 0 Å². The third kappa shape index (κ3) is 4.35. The van der Waals surface area contributed by atoms with Gasteiger partial charge in [0.05, 0.1) is 32.6 Å². The topological polar surface area (TPSA) is 87.0 Å². The molecule has 1 N–H and O–H groups in total. The van der Waals surface area contributed by atoms with Crippen molar-refractivity contribution in [1.82, 2.24) is 0 Å². The van der Waals surface area contributed by atoms with Crippen LogP contribution in [0.15, 0.2) is 52.9 Å². The molecule has 150 valence electrons. The van der Waals surface area contributed by atoms with E-state index in [9.17, 15) is 9.59 Å². The van der Waals surface area contributed by atoms with Gasteiger partial charge < -0.3 is 23.9 Å². The van der Waals surface area contributed by atoms with Crippen LogP contribution in [0.3, 0.4) is 0 Å².